The summed E-state index contributed by atoms with van der Waals surface area (Å²) in [5, 5.41) is 11.5. The number of hydrogen-bond acceptors (Lipinski definition) is 8. The Hall–Kier alpha value is -3.79. The summed E-state index contributed by atoms with van der Waals surface area (Å²) in [7, 11) is 8.12. The number of aliphatic hydroxyl groups excluding tert-OH is 1. The molecule has 2 heterocycles. The fourth-order valence-electron chi connectivity index (χ4n) is 4.58. The van der Waals surface area contributed by atoms with Crippen LogP contribution >= 0.6 is 0 Å². The number of carbonyl (C=O) groups excluding carboxylic acids is 3. The molecule has 0 spiro atoms. The van der Waals surface area contributed by atoms with E-state index in [9.17, 15) is 19.5 Å². The van der Waals surface area contributed by atoms with Crippen LogP contribution in [0.2, 0.25) is 0 Å². The molecule has 0 bridgehead atoms. The fraction of sp³-hybridized carbons (Fsp3) is 0.423. The van der Waals surface area contributed by atoms with Crippen molar-refractivity contribution < 1.29 is 33.7 Å². The van der Waals surface area contributed by atoms with Crippen molar-refractivity contribution in [3.05, 3.63) is 51.9 Å². The number of hydrogen-bond donors (Lipinski definition) is 2. The number of aryl methyl sites for hydroxylation is 1. The number of amides is 1. The summed E-state index contributed by atoms with van der Waals surface area (Å²) < 4.78 is 15.7. The number of aromatic amines is 1. The van der Waals surface area contributed by atoms with Crippen molar-refractivity contribution in [2.45, 2.75) is 26.3 Å². The molecule has 1 amide bonds. The fourth-order valence-corrected chi connectivity index (χ4v) is 4.58. The molecule has 10 nitrogen and oxygen atoms in total. The summed E-state index contributed by atoms with van der Waals surface area (Å²) in [6.07, 6.45) is 0.615. The number of aliphatic hydroxyl groups is 1. The molecular weight excluding hydrogens is 466 g/mol. The number of nitrogens with zero attached hydrogens (tertiary/aromatic N) is 2. The molecule has 1 saturated heterocycles. The van der Waals surface area contributed by atoms with E-state index in [0.29, 0.717) is 41.3 Å². The van der Waals surface area contributed by atoms with E-state index in [1.54, 1.807) is 32.0 Å². The largest absolute Gasteiger partial charge is 0.507 e. The van der Waals surface area contributed by atoms with E-state index in [-0.39, 0.29) is 29.1 Å². The van der Waals surface area contributed by atoms with Crippen LogP contribution in [0.15, 0.2) is 23.8 Å². The third-order valence-electron chi connectivity index (χ3n) is 6.34. The van der Waals surface area contributed by atoms with Gasteiger partial charge in [0.2, 0.25) is 0 Å². The second kappa shape index (κ2) is 10.9. The van der Waals surface area contributed by atoms with E-state index in [0.717, 1.165) is 0 Å². The van der Waals surface area contributed by atoms with Crippen LogP contribution in [-0.2, 0) is 14.3 Å². The predicted molar refractivity (Wildman–Crippen MR) is 133 cm³/mol. The average Bonchev–Trinajstić information content (AvgIpc) is 3.29. The molecule has 0 aliphatic carbocycles. The van der Waals surface area contributed by atoms with Gasteiger partial charge in [-0.25, -0.2) is 4.79 Å². The minimum Gasteiger partial charge on any atom is -0.507 e. The number of H-pyrrole nitrogens is 1. The Morgan fingerprint density at radius 3 is 2.42 bits per heavy atom. The summed E-state index contributed by atoms with van der Waals surface area (Å²) in [6.45, 7) is 4.30. The van der Waals surface area contributed by atoms with Crippen molar-refractivity contribution in [3.8, 4) is 11.5 Å². The SMILES string of the molecule is COC(=O)c1[nH]c(C)c(C(O)=C2C(=O)C(=O)N(CCCN(C)C)C2c2ccc(OC)cc2OC)c1C. The molecule has 1 aliphatic heterocycles. The lowest BCUT2D eigenvalue weighted by Crippen LogP contribution is -2.32. The van der Waals surface area contributed by atoms with Crippen molar-refractivity contribution in [1.82, 2.24) is 14.8 Å². The number of nitrogens with one attached hydrogen (secondary N) is 1. The molecule has 2 aromatic rings. The van der Waals surface area contributed by atoms with Crippen molar-refractivity contribution in [2.75, 3.05) is 48.5 Å². The lowest BCUT2D eigenvalue weighted by Gasteiger charge is -2.27. The minimum atomic E-state index is -0.900. The maximum Gasteiger partial charge on any atom is 0.354 e. The topological polar surface area (TPSA) is 121 Å². The first-order valence-electron chi connectivity index (χ1n) is 11.5. The van der Waals surface area contributed by atoms with Gasteiger partial charge in [-0.15, -0.1) is 0 Å². The van der Waals surface area contributed by atoms with Gasteiger partial charge in [0, 0.05) is 29.4 Å². The van der Waals surface area contributed by atoms with E-state index in [2.05, 4.69) is 4.98 Å². The second-order valence-electron chi connectivity index (χ2n) is 8.87. The number of ketones is 1. The number of aromatic nitrogens is 1. The van der Waals surface area contributed by atoms with Gasteiger partial charge in [-0.1, -0.05) is 0 Å². The monoisotopic (exact) mass is 499 g/mol. The number of benzene rings is 1. The van der Waals surface area contributed by atoms with Gasteiger partial charge in [-0.2, -0.15) is 0 Å². The molecule has 0 saturated carbocycles. The third kappa shape index (κ3) is 4.81. The number of methoxy groups -OCH3 is 3. The molecule has 1 unspecified atom stereocenters. The molecule has 2 N–H and O–H groups in total. The van der Waals surface area contributed by atoms with Crippen molar-refractivity contribution >= 4 is 23.4 Å². The van der Waals surface area contributed by atoms with Crippen LogP contribution < -0.4 is 9.47 Å². The highest BCUT2D eigenvalue weighted by atomic mass is 16.5. The lowest BCUT2D eigenvalue weighted by atomic mass is 9.93. The molecule has 1 aliphatic rings. The van der Waals surface area contributed by atoms with Crippen LogP contribution in [0.1, 0.15) is 45.3 Å². The lowest BCUT2D eigenvalue weighted by molar-refractivity contribution is -0.140. The number of rotatable bonds is 9. The maximum absolute atomic E-state index is 13.4. The number of carbonyl (C=O) groups is 3. The van der Waals surface area contributed by atoms with E-state index < -0.39 is 23.7 Å². The van der Waals surface area contributed by atoms with Crippen LogP contribution in [0.25, 0.3) is 5.76 Å². The molecule has 1 aromatic carbocycles. The third-order valence-corrected chi connectivity index (χ3v) is 6.34. The van der Waals surface area contributed by atoms with E-state index >= 15 is 0 Å². The van der Waals surface area contributed by atoms with E-state index in [4.69, 9.17) is 14.2 Å². The molecule has 0 radical (unpaired) electrons. The first kappa shape index (κ1) is 26.8. The van der Waals surface area contributed by atoms with Gasteiger partial charge in [-0.3, -0.25) is 9.59 Å². The zero-order chi connectivity index (χ0) is 26.7. The molecule has 36 heavy (non-hydrogen) atoms. The first-order chi connectivity index (χ1) is 17.1. The highest BCUT2D eigenvalue weighted by Crippen LogP contribution is 2.44. The van der Waals surface area contributed by atoms with Crippen molar-refractivity contribution in [3.63, 3.8) is 0 Å². The van der Waals surface area contributed by atoms with Gasteiger partial charge in [0.15, 0.2) is 0 Å². The van der Waals surface area contributed by atoms with Crippen molar-refractivity contribution in [1.29, 1.82) is 0 Å². The Morgan fingerprint density at radius 2 is 1.83 bits per heavy atom. The van der Waals surface area contributed by atoms with E-state index in [1.807, 2.05) is 19.0 Å². The van der Waals surface area contributed by atoms with Crippen LogP contribution in [0.4, 0.5) is 0 Å². The van der Waals surface area contributed by atoms with Crippen LogP contribution in [0, 0.1) is 13.8 Å². The Morgan fingerprint density at radius 1 is 1.14 bits per heavy atom. The zero-order valence-electron chi connectivity index (χ0n) is 21.7. The van der Waals surface area contributed by atoms with Gasteiger partial charge in [-0.05, 0) is 58.6 Å². The molecule has 10 heteroatoms. The Labute approximate surface area is 210 Å². The standard InChI is InChI=1S/C26H33N3O7/c1-14-19(15(2)27-21(14)26(33)36-7)23(30)20-22(17-10-9-16(34-5)13-18(17)35-6)29(25(32)24(20)31)12-8-11-28(3)4/h9-10,13,22,27,30H,8,11-12H2,1-7H3. The van der Waals surface area contributed by atoms with Gasteiger partial charge in [0.05, 0.1) is 32.9 Å². The average molecular weight is 500 g/mol. The smallest absolute Gasteiger partial charge is 0.354 e. The molecule has 3 rings (SSSR count). The van der Waals surface area contributed by atoms with Gasteiger partial charge in [0.25, 0.3) is 11.7 Å². The van der Waals surface area contributed by atoms with Crippen molar-refractivity contribution in [2.24, 2.45) is 0 Å². The van der Waals surface area contributed by atoms with Gasteiger partial charge < -0.3 is 34.1 Å². The summed E-state index contributed by atoms with van der Waals surface area (Å²) >= 11 is 0. The quantitative estimate of drug-likeness (QED) is 0.234. The van der Waals surface area contributed by atoms with Crippen LogP contribution in [-0.4, -0.2) is 86.1 Å². The van der Waals surface area contributed by atoms with Crippen LogP contribution in [0.5, 0.6) is 11.5 Å². The van der Waals surface area contributed by atoms with Gasteiger partial charge >= 0.3 is 5.97 Å². The highest BCUT2D eigenvalue weighted by Gasteiger charge is 2.47. The molecule has 194 valence electrons. The first-order valence-corrected chi connectivity index (χ1v) is 11.5. The summed E-state index contributed by atoms with van der Waals surface area (Å²) in [5.74, 6) is -1.54. The number of Topliss-reactive ketones (excluding diaryl/α,β-unsaturated/α-hetero) is 1. The minimum absolute atomic E-state index is 0.0741. The molecular formula is C26H33N3O7. The Kier molecular flexibility index (Phi) is 8.09. The normalized spacial score (nSPS) is 17.1. The highest BCUT2D eigenvalue weighted by molar-refractivity contribution is 6.46. The number of likely N-dealkylation sites (tertiary alicyclic amines) is 1. The molecule has 1 fully saturated rings. The summed E-state index contributed by atoms with van der Waals surface area (Å²) in [6, 6.07) is 4.19. The predicted octanol–water partition coefficient (Wildman–Crippen LogP) is 2.81. The second-order valence-corrected chi connectivity index (χ2v) is 8.87. The summed E-state index contributed by atoms with van der Waals surface area (Å²) in [4.78, 5) is 45.2. The number of ether oxygens (including phenoxy) is 3. The number of esters is 1. The van der Waals surface area contributed by atoms with Gasteiger partial charge in [0.1, 0.15) is 23.0 Å². The van der Waals surface area contributed by atoms with Crippen LogP contribution in [0.3, 0.4) is 0 Å². The maximum atomic E-state index is 13.4. The van der Waals surface area contributed by atoms with E-state index in [1.165, 1.54) is 26.2 Å². The zero-order valence-corrected chi connectivity index (χ0v) is 21.7. The summed E-state index contributed by atoms with van der Waals surface area (Å²) in [5.41, 5.74) is 1.77. The molecule has 1 aromatic heterocycles. The Balaban J connectivity index is 2.25. The Bertz CT molecular complexity index is 1210. The molecule has 1 atom stereocenters.